The molecule has 0 amide bonds. The molecule has 1 aliphatic heterocycles. The van der Waals surface area contributed by atoms with Gasteiger partial charge in [0.25, 0.3) is 0 Å². The van der Waals surface area contributed by atoms with Crippen LogP contribution in [0.25, 0.3) is 11.1 Å². The molecule has 0 aromatic heterocycles. The SMILES string of the molecule is CC1(C)CCC(C)(C)c2c(N(c3ccccc3)c3ccc4c(c3)C3(c5ccc(-c6ccccc6)cc5O4)C4CC5CC6CC3C64C5)cccc21. The molecule has 250 valence electrons. The summed E-state index contributed by atoms with van der Waals surface area (Å²) in [5.74, 6) is 5.38. The standard InChI is InChI=1S/C48H47NO/c1-45(2)22-23-46(3,4)44-37(45)16-11-17-39(44)49(34-14-9-6-10-15-34)35-19-21-40-38(28-35)48(42-25-30-24-33-27-43(48)47(33,42)29-30)36-20-18-32(26-41(36)50-40)31-12-7-5-8-13-31/h5-21,26,28,30,33,42-43H,22-25,27,29H2,1-4H3. The van der Waals surface area contributed by atoms with E-state index in [4.69, 9.17) is 4.74 Å². The minimum Gasteiger partial charge on any atom is -0.457 e. The Kier molecular flexibility index (Phi) is 5.72. The highest BCUT2D eigenvalue weighted by Crippen LogP contribution is 2.89. The van der Waals surface area contributed by atoms with Crippen molar-refractivity contribution in [1.82, 2.24) is 0 Å². The molecule has 11 rings (SSSR count). The van der Waals surface area contributed by atoms with E-state index in [-0.39, 0.29) is 16.2 Å². The number of hydrogen-bond donors (Lipinski definition) is 0. The van der Waals surface area contributed by atoms with Gasteiger partial charge >= 0.3 is 0 Å². The van der Waals surface area contributed by atoms with Gasteiger partial charge in [-0.2, -0.15) is 0 Å². The number of para-hydroxylation sites is 1. The average Bonchev–Trinajstić information content (AvgIpc) is 3.66. The molecule has 2 heteroatoms. The fourth-order valence-corrected chi connectivity index (χ4v) is 13.0. The highest BCUT2D eigenvalue weighted by Gasteiger charge is 2.84. The molecule has 0 saturated heterocycles. The lowest BCUT2D eigenvalue weighted by molar-refractivity contribution is -0.235. The van der Waals surface area contributed by atoms with E-state index in [0.717, 1.165) is 23.3 Å². The molecule has 2 nitrogen and oxygen atoms in total. The number of rotatable bonds is 4. The number of anilines is 3. The second kappa shape index (κ2) is 9.72. The summed E-state index contributed by atoms with van der Waals surface area (Å²) in [7, 11) is 0. The maximum atomic E-state index is 7.04. The first-order valence-electron chi connectivity index (χ1n) is 19.2. The van der Waals surface area contributed by atoms with Gasteiger partial charge in [0.05, 0.1) is 5.69 Å². The average molecular weight is 654 g/mol. The Hall–Kier alpha value is -4.30. The van der Waals surface area contributed by atoms with Crippen LogP contribution >= 0.6 is 0 Å². The summed E-state index contributed by atoms with van der Waals surface area (Å²) in [6.45, 7) is 9.79. The van der Waals surface area contributed by atoms with E-state index in [2.05, 4.69) is 148 Å². The van der Waals surface area contributed by atoms with Crippen molar-refractivity contribution >= 4 is 17.1 Å². The number of ether oxygens (including phenoxy) is 1. The summed E-state index contributed by atoms with van der Waals surface area (Å²) in [6.07, 6.45) is 8.06. The van der Waals surface area contributed by atoms with Crippen molar-refractivity contribution < 1.29 is 4.74 Å². The largest absolute Gasteiger partial charge is 0.457 e. The second-order valence-electron chi connectivity index (χ2n) is 18.1. The maximum Gasteiger partial charge on any atom is 0.132 e. The molecule has 4 fully saturated rings. The summed E-state index contributed by atoms with van der Waals surface area (Å²) in [4.78, 5) is 2.57. The first-order valence-corrected chi connectivity index (χ1v) is 19.2. The van der Waals surface area contributed by atoms with E-state index in [1.54, 1.807) is 0 Å². The van der Waals surface area contributed by atoms with E-state index >= 15 is 0 Å². The minimum absolute atomic E-state index is 0.0134. The summed E-state index contributed by atoms with van der Waals surface area (Å²) in [6, 6.07) is 43.4. The molecule has 4 saturated carbocycles. The Morgan fingerprint density at radius 3 is 2.14 bits per heavy atom. The molecule has 5 aromatic rings. The van der Waals surface area contributed by atoms with Crippen molar-refractivity contribution in [2.75, 3.05) is 4.90 Å². The normalized spacial score (nSPS) is 31.0. The third-order valence-corrected chi connectivity index (χ3v) is 15.0. The van der Waals surface area contributed by atoms with Gasteiger partial charge in [-0.05, 0) is 143 Å². The van der Waals surface area contributed by atoms with Gasteiger partial charge in [-0.25, -0.2) is 0 Å². The van der Waals surface area contributed by atoms with Crippen LogP contribution in [0.1, 0.15) is 88.5 Å². The van der Waals surface area contributed by atoms with Crippen LogP contribution in [0.2, 0.25) is 0 Å². The fourth-order valence-electron chi connectivity index (χ4n) is 13.0. The number of nitrogens with zero attached hydrogens (tertiary/aromatic N) is 1. The van der Waals surface area contributed by atoms with Crippen LogP contribution in [0.3, 0.4) is 0 Å². The van der Waals surface area contributed by atoms with Crippen LogP contribution in [-0.4, -0.2) is 0 Å². The molecule has 0 N–H and O–H groups in total. The Morgan fingerprint density at radius 2 is 1.34 bits per heavy atom. The van der Waals surface area contributed by atoms with Crippen LogP contribution in [0.4, 0.5) is 17.1 Å². The van der Waals surface area contributed by atoms with Crippen molar-refractivity contribution in [2.45, 2.75) is 82.5 Å². The maximum absolute atomic E-state index is 7.04. The van der Waals surface area contributed by atoms with E-state index in [1.165, 1.54) is 89.0 Å². The number of benzene rings is 5. The van der Waals surface area contributed by atoms with Crippen LogP contribution in [0, 0.1) is 29.1 Å². The highest BCUT2D eigenvalue weighted by molar-refractivity contribution is 5.82. The predicted octanol–water partition coefficient (Wildman–Crippen LogP) is 12.6. The van der Waals surface area contributed by atoms with Crippen LogP contribution < -0.4 is 9.64 Å². The zero-order valence-corrected chi connectivity index (χ0v) is 29.9. The van der Waals surface area contributed by atoms with Crippen LogP contribution in [-0.2, 0) is 16.2 Å². The summed E-state index contributed by atoms with van der Waals surface area (Å²) in [5.41, 5.74) is 12.9. The van der Waals surface area contributed by atoms with Crippen molar-refractivity contribution in [3.8, 4) is 22.6 Å². The molecule has 6 atom stereocenters. The van der Waals surface area contributed by atoms with Crippen LogP contribution in [0.15, 0.2) is 115 Å². The van der Waals surface area contributed by atoms with E-state index in [0.29, 0.717) is 17.3 Å². The van der Waals surface area contributed by atoms with Gasteiger partial charge in [0, 0.05) is 27.9 Å². The Balaban J connectivity index is 1.12. The van der Waals surface area contributed by atoms with Gasteiger partial charge in [0.1, 0.15) is 11.5 Å². The molecule has 2 spiro atoms. The minimum atomic E-state index is 0.0134. The van der Waals surface area contributed by atoms with Gasteiger partial charge in [-0.15, -0.1) is 0 Å². The van der Waals surface area contributed by atoms with E-state index in [1.807, 2.05) is 0 Å². The number of hydrogen-bond acceptors (Lipinski definition) is 2. The van der Waals surface area contributed by atoms with Crippen molar-refractivity contribution in [1.29, 1.82) is 0 Å². The van der Waals surface area contributed by atoms with Crippen molar-refractivity contribution in [2.24, 2.45) is 29.1 Å². The molecule has 0 radical (unpaired) electrons. The lowest BCUT2D eigenvalue weighted by Gasteiger charge is -2.77. The van der Waals surface area contributed by atoms with Gasteiger partial charge in [-0.1, -0.05) is 100 Å². The molecule has 2 bridgehead atoms. The zero-order valence-electron chi connectivity index (χ0n) is 29.9. The monoisotopic (exact) mass is 653 g/mol. The Labute approximate surface area is 297 Å². The quantitative estimate of drug-likeness (QED) is 0.191. The Bertz CT molecular complexity index is 2200. The van der Waals surface area contributed by atoms with Crippen molar-refractivity contribution in [3.05, 3.63) is 138 Å². The van der Waals surface area contributed by atoms with Crippen LogP contribution in [0.5, 0.6) is 11.5 Å². The molecule has 6 aliphatic rings. The summed E-state index contributed by atoms with van der Waals surface area (Å²) in [5, 5.41) is 0. The zero-order chi connectivity index (χ0) is 33.6. The lowest BCUT2D eigenvalue weighted by atomic mass is 9.26. The molecule has 5 aromatic carbocycles. The first kappa shape index (κ1) is 29.4. The molecule has 5 aliphatic carbocycles. The smallest absolute Gasteiger partial charge is 0.132 e. The lowest BCUT2D eigenvalue weighted by Crippen LogP contribution is -2.74. The first-order chi connectivity index (χ1) is 24.2. The second-order valence-corrected chi connectivity index (χ2v) is 18.1. The molecular formula is C48H47NO. The summed E-state index contributed by atoms with van der Waals surface area (Å²) >= 11 is 0. The third-order valence-electron chi connectivity index (χ3n) is 15.0. The van der Waals surface area contributed by atoms with Gasteiger partial charge < -0.3 is 9.64 Å². The van der Waals surface area contributed by atoms with E-state index < -0.39 is 0 Å². The predicted molar refractivity (Wildman–Crippen MR) is 204 cm³/mol. The topological polar surface area (TPSA) is 12.5 Å². The molecule has 50 heavy (non-hydrogen) atoms. The highest BCUT2D eigenvalue weighted by atomic mass is 16.5. The third kappa shape index (κ3) is 3.56. The number of fused-ring (bicyclic) bond motifs is 8. The molecular weight excluding hydrogens is 607 g/mol. The van der Waals surface area contributed by atoms with Gasteiger partial charge in [0.15, 0.2) is 0 Å². The molecule has 6 unspecified atom stereocenters. The van der Waals surface area contributed by atoms with Gasteiger partial charge in [-0.3, -0.25) is 0 Å². The van der Waals surface area contributed by atoms with E-state index in [9.17, 15) is 0 Å². The van der Waals surface area contributed by atoms with Gasteiger partial charge in [0.2, 0.25) is 0 Å². The summed E-state index contributed by atoms with van der Waals surface area (Å²) < 4.78 is 7.04. The van der Waals surface area contributed by atoms with Crippen molar-refractivity contribution in [3.63, 3.8) is 0 Å². The molecule has 1 heterocycles. The Morgan fingerprint density at radius 1 is 0.580 bits per heavy atom. The fraction of sp³-hybridized carbons (Fsp3) is 0.375.